The molecule has 0 spiro atoms. The van der Waals surface area contributed by atoms with E-state index in [-0.39, 0.29) is 12.2 Å². The number of nitrogens with two attached hydrogens (primary N) is 1. The highest BCUT2D eigenvalue weighted by Gasteiger charge is 2.35. The van der Waals surface area contributed by atoms with Crippen LogP contribution in [0.25, 0.3) is 0 Å². The molecule has 19 heavy (non-hydrogen) atoms. The molecule has 0 aromatic carbocycles. The molecule has 0 radical (unpaired) electrons. The number of halogens is 3. The molecule has 7 heteroatoms. The number of hydrogen-bond donors (Lipinski definition) is 2. The monoisotopic (exact) mass is 277 g/mol. The lowest BCUT2D eigenvalue weighted by Gasteiger charge is -2.25. The van der Waals surface area contributed by atoms with Gasteiger partial charge in [-0.25, -0.2) is 0 Å². The molecule has 1 rings (SSSR count). The van der Waals surface area contributed by atoms with E-state index in [1.807, 2.05) is 20.8 Å². The van der Waals surface area contributed by atoms with E-state index in [1.54, 1.807) is 0 Å². The van der Waals surface area contributed by atoms with Gasteiger partial charge in [-0.3, -0.25) is 16.3 Å². The fourth-order valence-corrected chi connectivity index (χ4v) is 1.50. The number of ether oxygens (including phenoxy) is 1. The van der Waals surface area contributed by atoms with Crippen molar-refractivity contribution in [2.45, 2.75) is 38.6 Å². The van der Waals surface area contributed by atoms with Crippen LogP contribution < -0.4 is 11.3 Å². The second-order valence-electron chi connectivity index (χ2n) is 5.10. The van der Waals surface area contributed by atoms with Crippen molar-refractivity contribution >= 4 is 0 Å². The van der Waals surface area contributed by atoms with Gasteiger partial charge < -0.3 is 4.74 Å². The average Bonchev–Trinajstić information content (AvgIpc) is 2.27. The Balaban J connectivity index is 2.99. The highest BCUT2D eigenvalue weighted by Crippen LogP contribution is 2.34. The van der Waals surface area contributed by atoms with Crippen molar-refractivity contribution in [1.82, 2.24) is 10.4 Å². The van der Waals surface area contributed by atoms with Gasteiger partial charge in [0.05, 0.1) is 23.8 Å². The Hall–Kier alpha value is -1.18. The zero-order valence-corrected chi connectivity index (χ0v) is 11.1. The molecule has 0 amide bonds. The van der Waals surface area contributed by atoms with Crippen LogP contribution in [0.1, 0.15) is 37.9 Å². The summed E-state index contributed by atoms with van der Waals surface area (Å²) in [7, 11) is 0. The van der Waals surface area contributed by atoms with E-state index in [2.05, 4.69) is 10.4 Å². The van der Waals surface area contributed by atoms with Gasteiger partial charge in [-0.05, 0) is 26.8 Å². The summed E-state index contributed by atoms with van der Waals surface area (Å²) in [4.78, 5) is 3.72. The Bertz CT molecular complexity index is 415. The van der Waals surface area contributed by atoms with E-state index in [4.69, 9.17) is 10.6 Å². The first-order valence-electron chi connectivity index (χ1n) is 5.76. The molecule has 3 N–H and O–H groups in total. The Morgan fingerprint density at radius 3 is 2.47 bits per heavy atom. The maximum absolute atomic E-state index is 12.9. The number of hydrogen-bond acceptors (Lipinski definition) is 4. The van der Waals surface area contributed by atoms with Gasteiger partial charge in [0, 0.05) is 18.0 Å². The molecule has 1 atom stereocenters. The minimum Gasteiger partial charge on any atom is -0.374 e. The summed E-state index contributed by atoms with van der Waals surface area (Å²) in [5.41, 5.74) is 1.09. The lowest BCUT2D eigenvalue weighted by Crippen LogP contribution is -2.35. The van der Waals surface area contributed by atoms with E-state index in [0.717, 1.165) is 18.5 Å². The number of hydrazine groups is 1. The number of nitrogens with zero attached hydrogens (tertiary/aromatic N) is 1. The van der Waals surface area contributed by atoms with Gasteiger partial charge in [0.1, 0.15) is 0 Å². The normalized spacial score (nSPS) is 14.5. The van der Waals surface area contributed by atoms with Crippen LogP contribution in [0.2, 0.25) is 0 Å². The van der Waals surface area contributed by atoms with Crippen molar-refractivity contribution in [2.24, 2.45) is 5.84 Å². The third-order valence-corrected chi connectivity index (χ3v) is 2.42. The number of alkyl halides is 3. The first-order chi connectivity index (χ1) is 8.65. The Labute approximate surface area is 110 Å². The average molecular weight is 277 g/mol. The van der Waals surface area contributed by atoms with Crippen molar-refractivity contribution in [3.05, 3.63) is 29.6 Å². The molecule has 0 aliphatic rings. The number of rotatable bonds is 4. The minimum absolute atomic E-state index is 0.0226. The van der Waals surface area contributed by atoms with Crippen molar-refractivity contribution < 1.29 is 17.9 Å². The molecule has 0 aliphatic carbocycles. The topological polar surface area (TPSA) is 60.2 Å². The summed E-state index contributed by atoms with van der Waals surface area (Å²) in [6, 6.07) is 0.154. The number of pyridine rings is 1. The smallest absolute Gasteiger partial charge is 0.374 e. The molecular formula is C12H18F3N3O. The minimum atomic E-state index is -4.45. The Kier molecular flexibility index (Phi) is 4.89. The molecular weight excluding hydrogens is 259 g/mol. The third kappa shape index (κ3) is 4.77. The molecule has 0 saturated carbocycles. The summed E-state index contributed by atoms with van der Waals surface area (Å²) >= 11 is 0. The Morgan fingerprint density at radius 2 is 2.00 bits per heavy atom. The van der Waals surface area contributed by atoms with Crippen molar-refractivity contribution in [3.8, 4) is 0 Å². The molecule has 0 fully saturated rings. The standard InChI is InChI=1S/C12H18F3N3O/c1-11(2,3)19-7-10(18-16)8-6-17-5-4-9(8)12(13,14)15/h4-6,10,18H,7,16H2,1-3H3. The van der Waals surface area contributed by atoms with Crippen LogP contribution in [0.15, 0.2) is 18.5 Å². The fraction of sp³-hybridized carbons (Fsp3) is 0.583. The van der Waals surface area contributed by atoms with Crippen LogP contribution in [0.5, 0.6) is 0 Å². The second kappa shape index (κ2) is 5.85. The molecule has 108 valence electrons. The summed E-state index contributed by atoms with van der Waals surface area (Å²) in [6.07, 6.45) is -2.20. The lowest BCUT2D eigenvalue weighted by molar-refractivity contribution is -0.138. The van der Waals surface area contributed by atoms with Crippen LogP contribution in [-0.4, -0.2) is 17.2 Å². The van der Waals surface area contributed by atoms with Crippen LogP contribution in [0, 0.1) is 0 Å². The van der Waals surface area contributed by atoms with E-state index < -0.39 is 23.4 Å². The Morgan fingerprint density at radius 1 is 1.37 bits per heavy atom. The van der Waals surface area contributed by atoms with Crippen molar-refractivity contribution in [1.29, 1.82) is 0 Å². The van der Waals surface area contributed by atoms with Crippen molar-refractivity contribution in [2.75, 3.05) is 6.61 Å². The molecule has 0 bridgehead atoms. The van der Waals surface area contributed by atoms with Crippen LogP contribution in [0.4, 0.5) is 13.2 Å². The van der Waals surface area contributed by atoms with E-state index in [9.17, 15) is 13.2 Å². The van der Waals surface area contributed by atoms with Crippen LogP contribution in [0.3, 0.4) is 0 Å². The molecule has 1 heterocycles. The fourth-order valence-electron chi connectivity index (χ4n) is 1.50. The molecule has 1 aromatic rings. The maximum Gasteiger partial charge on any atom is 0.416 e. The van der Waals surface area contributed by atoms with Crippen LogP contribution in [-0.2, 0) is 10.9 Å². The van der Waals surface area contributed by atoms with Gasteiger partial charge in [0.2, 0.25) is 0 Å². The summed E-state index contributed by atoms with van der Waals surface area (Å²) in [5.74, 6) is 5.32. The molecule has 0 aliphatic heterocycles. The van der Waals surface area contributed by atoms with Gasteiger partial charge in [0.25, 0.3) is 0 Å². The molecule has 1 aromatic heterocycles. The summed E-state index contributed by atoms with van der Waals surface area (Å²) < 4.78 is 44.1. The predicted molar refractivity (Wildman–Crippen MR) is 65.0 cm³/mol. The van der Waals surface area contributed by atoms with Gasteiger partial charge >= 0.3 is 6.18 Å². The summed E-state index contributed by atoms with van der Waals surface area (Å²) in [5, 5.41) is 0. The first-order valence-corrected chi connectivity index (χ1v) is 5.76. The molecule has 1 unspecified atom stereocenters. The van der Waals surface area contributed by atoms with E-state index in [1.165, 1.54) is 0 Å². The predicted octanol–water partition coefficient (Wildman–Crippen LogP) is 2.42. The summed E-state index contributed by atoms with van der Waals surface area (Å²) in [6.45, 7) is 5.46. The number of aromatic nitrogens is 1. The van der Waals surface area contributed by atoms with Gasteiger partial charge in [-0.15, -0.1) is 0 Å². The van der Waals surface area contributed by atoms with Gasteiger partial charge in [0.15, 0.2) is 0 Å². The highest BCUT2D eigenvalue weighted by molar-refractivity contribution is 5.29. The second-order valence-corrected chi connectivity index (χ2v) is 5.10. The molecule has 4 nitrogen and oxygen atoms in total. The van der Waals surface area contributed by atoms with Gasteiger partial charge in [-0.2, -0.15) is 13.2 Å². The van der Waals surface area contributed by atoms with Crippen molar-refractivity contribution in [3.63, 3.8) is 0 Å². The van der Waals surface area contributed by atoms with Gasteiger partial charge in [-0.1, -0.05) is 0 Å². The maximum atomic E-state index is 12.9. The zero-order chi connectivity index (χ0) is 14.7. The SMILES string of the molecule is CC(C)(C)OCC(NN)c1cnccc1C(F)(F)F. The first kappa shape index (κ1) is 15.9. The number of nitrogens with one attached hydrogen (secondary N) is 1. The van der Waals surface area contributed by atoms with E-state index >= 15 is 0 Å². The largest absolute Gasteiger partial charge is 0.416 e. The highest BCUT2D eigenvalue weighted by atomic mass is 19.4. The van der Waals surface area contributed by atoms with E-state index in [0.29, 0.717) is 0 Å². The third-order valence-electron chi connectivity index (χ3n) is 2.42. The quantitative estimate of drug-likeness (QED) is 0.655. The molecule has 0 saturated heterocycles. The lowest BCUT2D eigenvalue weighted by atomic mass is 10.0. The van der Waals surface area contributed by atoms with Crippen LogP contribution >= 0.6 is 0 Å². The zero-order valence-electron chi connectivity index (χ0n) is 11.1.